The number of rotatable bonds is 4. The second-order valence-electron chi connectivity index (χ2n) is 4.49. The third kappa shape index (κ3) is 3.17. The fraction of sp³-hybridized carbons (Fsp3) is 0.900. The Morgan fingerprint density at radius 2 is 2.18 bits per heavy atom. The molecule has 1 N–H and O–H groups in total. The van der Waals surface area contributed by atoms with Crippen molar-refractivity contribution in [2.45, 2.75) is 43.3 Å². The molecule has 6 nitrogen and oxygen atoms in total. The number of hydrogen-bond donors (Lipinski definition) is 1. The molecule has 0 radical (unpaired) electrons. The molecular formula is C10H16O6S. The molecule has 2 aliphatic rings. The highest BCUT2D eigenvalue weighted by atomic mass is 32.2. The highest BCUT2D eigenvalue weighted by Gasteiger charge is 2.37. The van der Waals surface area contributed by atoms with Crippen molar-refractivity contribution in [1.82, 2.24) is 0 Å². The molecule has 0 spiro atoms. The van der Waals surface area contributed by atoms with E-state index in [0.29, 0.717) is 19.3 Å². The van der Waals surface area contributed by atoms with Crippen LogP contribution in [0.2, 0.25) is 0 Å². The molecule has 2 rings (SSSR count). The molecule has 3 unspecified atom stereocenters. The van der Waals surface area contributed by atoms with Crippen LogP contribution in [0.5, 0.6) is 0 Å². The van der Waals surface area contributed by atoms with Gasteiger partial charge in [-0.2, -0.15) is 0 Å². The molecule has 0 saturated carbocycles. The molecule has 17 heavy (non-hydrogen) atoms. The van der Waals surface area contributed by atoms with Gasteiger partial charge in [0.05, 0.1) is 30.1 Å². The lowest BCUT2D eigenvalue weighted by Gasteiger charge is -2.14. The largest absolute Gasteiger partial charge is 0.481 e. The normalized spacial score (nSPS) is 36.1. The highest BCUT2D eigenvalue weighted by Crippen LogP contribution is 2.28. The van der Waals surface area contributed by atoms with Crippen LogP contribution >= 0.6 is 0 Å². The van der Waals surface area contributed by atoms with Gasteiger partial charge in [-0.05, 0) is 12.8 Å². The average Bonchev–Trinajstić information content (AvgIpc) is 2.75. The quantitative estimate of drug-likeness (QED) is 0.778. The van der Waals surface area contributed by atoms with Gasteiger partial charge in [0.15, 0.2) is 16.1 Å². The number of hydrogen-bond acceptors (Lipinski definition) is 5. The van der Waals surface area contributed by atoms with E-state index in [9.17, 15) is 13.2 Å². The van der Waals surface area contributed by atoms with Crippen LogP contribution in [-0.4, -0.2) is 49.5 Å². The molecule has 2 saturated heterocycles. The van der Waals surface area contributed by atoms with E-state index < -0.39 is 33.5 Å². The smallest absolute Gasteiger partial charge is 0.306 e. The standard InChI is InChI=1S/C10H16O6S/c11-9(12)4-7-6-15-10(16-7)5-8-2-1-3-17(8,13)14/h7-8,10H,1-6H2,(H,11,12). The fourth-order valence-corrected chi connectivity index (χ4v) is 4.15. The minimum absolute atomic E-state index is 0.103. The zero-order valence-corrected chi connectivity index (χ0v) is 10.2. The van der Waals surface area contributed by atoms with Gasteiger partial charge in [-0.25, -0.2) is 8.42 Å². The highest BCUT2D eigenvalue weighted by molar-refractivity contribution is 7.92. The van der Waals surface area contributed by atoms with E-state index in [4.69, 9.17) is 14.6 Å². The van der Waals surface area contributed by atoms with Crippen LogP contribution in [0.25, 0.3) is 0 Å². The van der Waals surface area contributed by atoms with Gasteiger partial charge in [0.25, 0.3) is 0 Å². The Bertz CT molecular complexity index is 390. The lowest BCUT2D eigenvalue weighted by molar-refractivity contribution is -0.140. The zero-order valence-electron chi connectivity index (χ0n) is 9.37. The van der Waals surface area contributed by atoms with Gasteiger partial charge in [-0.15, -0.1) is 0 Å². The first-order valence-corrected chi connectivity index (χ1v) is 7.39. The first kappa shape index (κ1) is 12.8. The molecule has 0 bridgehead atoms. The topological polar surface area (TPSA) is 89.9 Å². The number of carboxylic acid groups (broad SMARTS) is 1. The number of aliphatic carboxylic acids is 1. The lowest BCUT2D eigenvalue weighted by Crippen LogP contribution is -2.24. The van der Waals surface area contributed by atoms with Crippen molar-refractivity contribution in [2.24, 2.45) is 0 Å². The molecule has 0 aliphatic carbocycles. The summed E-state index contributed by atoms with van der Waals surface area (Å²) in [7, 11) is -2.99. The van der Waals surface area contributed by atoms with Crippen LogP contribution in [0, 0.1) is 0 Å². The number of sulfone groups is 1. The summed E-state index contributed by atoms with van der Waals surface area (Å²) < 4.78 is 33.8. The van der Waals surface area contributed by atoms with Gasteiger partial charge in [0.1, 0.15) is 0 Å². The second kappa shape index (κ2) is 4.91. The summed E-state index contributed by atoms with van der Waals surface area (Å²) in [4.78, 5) is 10.5. The minimum Gasteiger partial charge on any atom is -0.481 e. The van der Waals surface area contributed by atoms with Crippen molar-refractivity contribution in [3.8, 4) is 0 Å². The predicted octanol–water partition coefficient (Wildman–Crippen LogP) is 0.170. The van der Waals surface area contributed by atoms with E-state index in [1.165, 1.54) is 0 Å². The summed E-state index contributed by atoms with van der Waals surface area (Å²) in [6, 6.07) is 0. The average molecular weight is 264 g/mol. The van der Waals surface area contributed by atoms with E-state index in [2.05, 4.69) is 0 Å². The summed E-state index contributed by atoms with van der Waals surface area (Å²) in [5.74, 6) is -0.698. The summed E-state index contributed by atoms with van der Waals surface area (Å²) in [5.41, 5.74) is 0. The number of carboxylic acids is 1. The maximum atomic E-state index is 11.6. The Hall–Kier alpha value is -0.660. The molecule has 98 valence electrons. The molecule has 2 heterocycles. The van der Waals surface area contributed by atoms with Crippen molar-refractivity contribution in [3.05, 3.63) is 0 Å². The summed E-state index contributed by atoms with van der Waals surface area (Å²) >= 11 is 0. The molecule has 3 atom stereocenters. The molecule has 0 aromatic rings. The Morgan fingerprint density at radius 1 is 1.41 bits per heavy atom. The van der Waals surface area contributed by atoms with Gasteiger partial charge >= 0.3 is 5.97 Å². The lowest BCUT2D eigenvalue weighted by atomic mass is 10.2. The maximum absolute atomic E-state index is 11.6. The molecular weight excluding hydrogens is 248 g/mol. The van der Waals surface area contributed by atoms with E-state index >= 15 is 0 Å². The van der Waals surface area contributed by atoms with Gasteiger partial charge in [-0.1, -0.05) is 0 Å². The van der Waals surface area contributed by atoms with Crippen LogP contribution in [0.4, 0.5) is 0 Å². The summed E-state index contributed by atoms with van der Waals surface area (Å²) in [5, 5.41) is 8.20. The number of carbonyl (C=O) groups is 1. The Morgan fingerprint density at radius 3 is 2.76 bits per heavy atom. The van der Waals surface area contributed by atoms with E-state index in [-0.39, 0.29) is 18.8 Å². The van der Waals surface area contributed by atoms with Gasteiger partial charge < -0.3 is 14.6 Å². The summed E-state index contributed by atoms with van der Waals surface area (Å²) in [6.45, 7) is 0.226. The van der Waals surface area contributed by atoms with E-state index in [1.54, 1.807) is 0 Å². The minimum atomic E-state index is -2.99. The zero-order chi connectivity index (χ0) is 12.5. The molecule has 2 fully saturated rings. The third-order valence-corrected chi connectivity index (χ3v) is 5.43. The molecule has 7 heteroatoms. The van der Waals surface area contributed by atoms with Crippen molar-refractivity contribution in [1.29, 1.82) is 0 Å². The van der Waals surface area contributed by atoms with Crippen LogP contribution in [-0.2, 0) is 24.1 Å². The summed E-state index contributed by atoms with van der Waals surface area (Å²) in [6.07, 6.45) is 0.526. The first-order valence-electron chi connectivity index (χ1n) is 5.68. The van der Waals surface area contributed by atoms with Crippen LogP contribution in [0.1, 0.15) is 25.7 Å². The Balaban J connectivity index is 1.84. The number of ether oxygens (including phenoxy) is 2. The molecule has 0 aromatic heterocycles. The van der Waals surface area contributed by atoms with Crippen molar-refractivity contribution in [2.75, 3.05) is 12.4 Å². The van der Waals surface area contributed by atoms with E-state index in [1.807, 2.05) is 0 Å². The van der Waals surface area contributed by atoms with E-state index in [0.717, 1.165) is 0 Å². The van der Waals surface area contributed by atoms with Gasteiger partial charge in [-0.3, -0.25) is 4.79 Å². The first-order chi connectivity index (χ1) is 7.97. The van der Waals surface area contributed by atoms with Crippen LogP contribution in [0.15, 0.2) is 0 Å². The Labute approximate surface area is 99.8 Å². The SMILES string of the molecule is O=C(O)CC1COC(CC2CCCS2(=O)=O)O1. The van der Waals surface area contributed by atoms with Gasteiger partial charge in [0, 0.05) is 6.42 Å². The maximum Gasteiger partial charge on any atom is 0.306 e. The van der Waals surface area contributed by atoms with Crippen LogP contribution < -0.4 is 0 Å². The third-order valence-electron chi connectivity index (χ3n) is 3.13. The fourth-order valence-electron chi connectivity index (χ4n) is 2.27. The predicted molar refractivity (Wildman–Crippen MR) is 58.3 cm³/mol. The van der Waals surface area contributed by atoms with Crippen LogP contribution in [0.3, 0.4) is 0 Å². The molecule has 0 amide bonds. The second-order valence-corrected chi connectivity index (χ2v) is 6.89. The Kier molecular flexibility index (Phi) is 3.70. The van der Waals surface area contributed by atoms with Crippen molar-refractivity contribution >= 4 is 15.8 Å². The van der Waals surface area contributed by atoms with Gasteiger partial charge in [0.2, 0.25) is 0 Å². The van der Waals surface area contributed by atoms with Crippen molar-refractivity contribution in [3.63, 3.8) is 0 Å². The monoisotopic (exact) mass is 264 g/mol. The van der Waals surface area contributed by atoms with Crippen molar-refractivity contribution < 1.29 is 27.8 Å². The molecule has 2 aliphatic heterocycles. The molecule has 0 aromatic carbocycles.